The quantitative estimate of drug-likeness (QED) is 0.368. The van der Waals surface area contributed by atoms with Crippen LogP contribution in [0.15, 0.2) is 11.6 Å². The summed E-state index contributed by atoms with van der Waals surface area (Å²) in [5.41, 5.74) is 2.39. The Kier molecular flexibility index (Phi) is 4.23. The van der Waals surface area contributed by atoms with Gasteiger partial charge in [-0.25, -0.2) is 4.39 Å². The molecule has 3 saturated carbocycles. The fraction of sp³-hybridized carbons (Fsp3) is 0.905. The molecule has 1 unspecified atom stereocenters. The summed E-state index contributed by atoms with van der Waals surface area (Å²) < 4.78 is 13.9. The zero-order chi connectivity index (χ0) is 16.2. The van der Waals surface area contributed by atoms with E-state index in [0.29, 0.717) is 10.8 Å². The van der Waals surface area contributed by atoms with Crippen LogP contribution in [0.1, 0.15) is 71.6 Å². The van der Waals surface area contributed by atoms with Crippen molar-refractivity contribution in [2.24, 2.45) is 34.5 Å². The molecular weight excluding hydrogens is 351 g/mol. The molecule has 23 heavy (non-hydrogen) atoms. The first-order chi connectivity index (χ1) is 11.0. The van der Waals surface area contributed by atoms with Crippen molar-refractivity contribution in [1.29, 1.82) is 0 Å². The summed E-state index contributed by atoms with van der Waals surface area (Å²) >= 11 is 3.69. The summed E-state index contributed by atoms with van der Waals surface area (Å²) in [6, 6.07) is 0. The Hall–Kier alpha value is 0.150. The van der Waals surface area contributed by atoms with E-state index in [1.165, 1.54) is 50.5 Å². The molecule has 0 aromatic heterocycles. The van der Waals surface area contributed by atoms with Crippen LogP contribution in [0.4, 0.5) is 4.39 Å². The minimum absolute atomic E-state index is 0.320. The molecule has 0 heterocycles. The lowest BCUT2D eigenvalue weighted by atomic mass is 9.47. The van der Waals surface area contributed by atoms with Crippen molar-refractivity contribution < 1.29 is 4.39 Å². The number of hydrogen-bond acceptors (Lipinski definition) is 0. The maximum Gasteiger partial charge on any atom is 0.119 e. The Morgan fingerprint density at radius 3 is 2.70 bits per heavy atom. The molecule has 0 N–H and O–H groups in total. The Bertz CT molecular complexity index is 500. The van der Waals surface area contributed by atoms with Gasteiger partial charge in [-0.15, -0.1) is 0 Å². The van der Waals surface area contributed by atoms with Crippen LogP contribution in [0.5, 0.6) is 0 Å². The lowest BCUT2D eigenvalue weighted by Crippen LogP contribution is -2.50. The van der Waals surface area contributed by atoms with E-state index < -0.39 is 6.17 Å². The van der Waals surface area contributed by atoms with Gasteiger partial charge in [-0.2, -0.15) is 0 Å². The average molecular weight is 383 g/mol. The first-order valence-electron chi connectivity index (χ1n) is 9.90. The molecule has 3 fully saturated rings. The maximum absolute atomic E-state index is 13.9. The minimum Gasteiger partial charge on any atom is -0.243 e. The second-order valence-corrected chi connectivity index (χ2v) is 10.2. The molecule has 4 aliphatic rings. The minimum atomic E-state index is -0.668. The highest BCUT2D eigenvalue weighted by Crippen LogP contribution is 2.67. The van der Waals surface area contributed by atoms with Crippen molar-refractivity contribution >= 4 is 15.9 Å². The molecule has 0 aromatic rings. The molecule has 0 aromatic carbocycles. The Morgan fingerprint density at radius 1 is 1.09 bits per heavy atom. The smallest absolute Gasteiger partial charge is 0.119 e. The summed E-state index contributed by atoms with van der Waals surface area (Å²) in [4.78, 5) is 0. The highest BCUT2D eigenvalue weighted by Gasteiger charge is 2.58. The molecular formula is C21H32BrF. The van der Waals surface area contributed by atoms with Crippen molar-refractivity contribution in [3.05, 3.63) is 11.6 Å². The van der Waals surface area contributed by atoms with Crippen LogP contribution in [0.3, 0.4) is 0 Å². The SMILES string of the molecule is C[C@]12CC[C@H]3[C@@H](CCC4=CC(F)CC[C@@]43C)[C@@H]1CC[C@@H]2CCBr. The molecule has 0 aliphatic heterocycles. The predicted octanol–water partition coefficient (Wildman–Crippen LogP) is 6.69. The van der Waals surface area contributed by atoms with E-state index in [0.717, 1.165) is 41.8 Å². The van der Waals surface area contributed by atoms with Gasteiger partial charge in [0.1, 0.15) is 6.17 Å². The Labute approximate surface area is 149 Å². The number of halogens is 2. The molecule has 4 aliphatic carbocycles. The summed E-state index contributed by atoms with van der Waals surface area (Å²) in [5.74, 6) is 3.61. The zero-order valence-corrected chi connectivity index (χ0v) is 16.4. The van der Waals surface area contributed by atoms with Crippen molar-refractivity contribution in [1.82, 2.24) is 0 Å². The van der Waals surface area contributed by atoms with Crippen LogP contribution < -0.4 is 0 Å². The van der Waals surface area contributed by atoms with Gasteiger partial charge >= 0.3 is 0 Å². The third-order valence-electron chi connectivity index (χ3n) is 8.71. The highest BCUT2D eigenvalue weighted by molar-refractivity contribution is 9.09. The largest absolute Gasteiger partial charge is 0.243 e. The number of rotatable bonds is 2. The van der Waals surface area contributed by atoms with Crippen LogP contribution in [0.25, 0.3) is 0 Å². The predicted molar refractivity (Wildman–Crippen MR) is 98.5 cm³/mol. The topological polar surface area (TPSA) is 0 Å². The van der Waals surface area contributed by atoms with Crippen molar-refractivity contribution in [2.45, 2.75) is 77.8 Å². The van der Waals surface area contributed by atoms with Crippen LogP contribution >= 0.6 is 15.9 Å². The summed E-state index contributed by atoms with van der Waals surface area (Å²) in [6.07, 6.45) is 12.8. The first kappa shape index (κ1) is 16.6. The van der Waals surface area contributed by atoms with E-state index >= 15 is 0 Å². The van der Waals surface area contributed by atoms with Crippen LogP contribution in [-0.2, 0) is 0 Å². The molecule has 0 spiro atoms. The van der Waals surface area contributed by atoms with E-state index in [9.17, 15) is 4.39 Å². The summed E-state index contributed by atoms with van der Waals surface area (Å²) in [7, 11) is 0. The highest BCUT2D eigenvalue weighted by atomic mass is 79.9. The summed E-state index contributed by atoms with van der Waals surface area (Å²) in [5, 5.41) is 1.16. The zero-order valence-electron chi connectivity index (χ0n) is 14.8. The Balaban J connectivity index is 1.62. The molecule has 0 saturated heterocycles. The number of allylic oxidation sites excluding steroid dienone is 2. The van der Waals surface area contributed by atoms with Crippen LogP contribution in [0.2, 0.25) is 0 Å². The fourth-order valence-corrected chi connectivity index (χ4v) is 7.95. The second-order valence-electron chi connectivity index (χ2n) is 9.38. The van der Waals surface area contributed by atoms with Gasteiger partial charge in [0.2, 0.25) is 0 Å². The van der Waals surface area contributed by atoms with Crippen LogP contribution in [-0.4, -0.2) is 11.5 Å². The van der Waals surface area contributed by atoms with E-state index in [2.05, 4.69) is 29.8 Å². The van der Waals surface area contributed by atoms with Gasteiger partial charge in [-0.3, -0.25) is 0 Å². The normalized spacial score (nSPS) is 52.3. The molecule has 4 rings (SSSR count). The van der Waals surface area contributed by atoms with Gasteiger partial charge in [-0.05, 0) is 92.3 Å². The molecule has 0 bridgehead atoms. The second kappa shape index (κ2) is 5.85. The lowest BCUT2D eigenvalue weighted by Gasteiger charge is -2.58. The van der Waals surface area contributed by atoms with Gasteiger partial charge in [0, 0.05) is 5.33 Å². The van der Waals surface area contributed by atoms with Crippen molar-refractivity contribution in [2.75, 3.05) is 5.33 Å². The van der Waals surface area contributed by atoms with E-state index in [4.69, 9.17) is 0 Å². The standard InChI is InChI=1S/C21H32BrF/c1-20-11-8-19-17(18(20)6-4-14(20)9-12-22)5-3-15-13-16(23)7-10-21(15,19)2/h13-14,16-19H,3-12H2,1-2H3/t14-,16?,17+,18+,19+,20-,21+/m1/s1. The molecule has 0 radical (unpaired) electrons. The van der Waals surface area contributed by atoms with Gasteiger partial charge in [0.05, 0.1) is 0 Å². The number of fused-ring (bicyclic) bond motifs is 5. The monoisotopic (exact) mass is 382 g/mol. The maximum atomic E-state index is 13.9. The van der Waals surface area contributed by atoms with Gasteiger partial charge in [0.15, 0.2) is 0 Å². The molecule has 0 nitrogen and oxygen atoms in total. The van der Waals surface area contributed by atoms with Gasteiger partial charge in [0.25, 0.3) is 0 Å². The molecule has 0 amide bonds. The third kappa shape index (κ3) is 2.41. The van der Waals surface area contributed by atoms with Crippen molar-refractivity contribution in [3.8, 4) is 0 Å². The van der Waals surface area contributed by atoms with E-state index in [1.807, 2.05) is 6.08 Å². The molecule has 2 heteroatoms. The van der Waals surface area contributed by atoms with E-state index in [-0.39, 0.29) is 0 Å². The number of hydrogen-bond donors (Lipinski definition) is 0. The van der Waals surface area contributed by atoms with Crippen molar-refractivity contribution in [3.63, 3.8) is 0 Å². The number of alkyl halides is 2. The summed E-state index contributed by atoms with van der Waals surface area (Å²) in [6.45, 7) is 5.09. The fourth-order valence-electron chi connectivity index (χ4n) is 7.40. The molecule has 130 valence electrons. The third-order valence-corrected chi connectivity index (χ3v) is 9.17. The van der Waals surface area contributed by atoms with E-state index in [1.54, 1.807) is 0 Å². The van der Waals surface area contributed by atoms with Crippen LogP contribution in [0, 0.1) is 34.5 Å². The first-order valence-corrected chi connectivity index (χ1v) is 11.0. The lowest BCUT2D eigenvalue weighted by molar-refractivity contribution is -0.0534. The van der Waals surface area contributed by atoms with Gasteiger partial charge < -0.3 is 0 Å². The van der Waals surface area contributed by atoms with Gasteiger partial charge in [-0.1, -0.05) is 41.4 Å². The average Bonchev–Trinajstić information content (AvgIpc) is 2.85. The molecule has 7 atom stereocenters. The Morgan fingerprint density at radius 2 is 1.91 bits per heavy atom.